The normalized spacial score (nSPS) is 12.8. The number of nitrogens with zero attached hydrogens (tertiary/aromatic N) is 1. The molecular weight excluding hydrogens is 232 g/mol. The van der Waals surface area contributed by atoms with Crippen molar-refractivity contribution in [1.29, 1.82) is 0 Å². The Morgan fingerprint density at radius 2 is 1.84 bits per heavy atom. The quantitative estimate of drug-likeness (QED) is 0.798. The van der Waals surface area contributed by atoms with Crippen molar-refractivity contribution in [3.63, 3.8) is 0 Å². The molecule has 2 nitrogen and oxygen atoms in total. The van der Waals surface area contributed by atoms with Crippen LogP contribution in [0.4, 0.5) is 5.82 Å². The maximum atomic E-state index is 4.48. The number of rotatable bonds is 6. The number of fused-ring (bicyclic) bond motifs is 1. The maximum Gasteiger partial charge on any atom is 0.134 e. The van der Waals surface area contributed by atoms with Crippen molar-refractivity contribution >= 4 is 16.6 Å². The first-order chi connectivity index (χ1) is 9.16. The Balaban J connectivity index is 2.00. The van der Waals surface area contributed by atoms with E-state index < -0.39 is 0 Å². The standard InChI is InChI=1S/C17H24N2/c1-13(2)7-6-8-14(3)19-17-16-10-5-4-9-15(16)11-12-18-17/h4-5,9-14H,6-8H2,1-3H3,(H,18,19). The van der Waals surface area contributed by atoms with Crippen molar-refractivity contribution in [3.8, 4) is 0 Å². The van der Waals surface area contributed by atoms with Crippen LogP contribution in [0.25, 0.3) is 10.8 Å². The average Bonchev–Trinajstić information content (AvgIpc) is 2.39. The molecule has 0 aliphatic heterocycles. The summed E-state index contributed by atoms with van der Waals surface area (Å²) in [6, 6.07) is 10.9. The van der Waals surface area contributed by atoms with Gasteiger partial charge in [0.25, 0.3) is 0 Å². The van der Waals surface area contributed by atoms with Gasteiger partial charge in [0.15, 0.2) is 0 Å². The molecule has 0 aliphatic carbocycles. The zero-order chi connectivity index (χ0) is 13.7. The van der Waals surface area contributed by atoms with Crippen molar-refractivity contribution in [1.82, 2.24) is 4.98 Å². The number of hydrogen-bond donors (Lipinski definition) is 1. The second-order valence-electron chi connectivity index (χ2n) is 5.75. The SMILES string of the molecule is CC(C)CCCC(C)Nc1nccc2ccccc12. The molecule has 0 bridgehead atoms. The fraction of sp³-hybridized carbons (Fsp3) is 0.471. The third-order valence-electron chi connectivity index (χ3n) is 3.48. The molecule has 0 saturated heterocycles. The van der Waals surface area contributed by atoms with Crippen LogP contribution in [0.3, 0.4) is 0 Å². The summed E-state index contributed by atoms with van der Waals surface area (Å²) < 4.78 is 0. The van der Waals surface area contributed by atoms with Gasteiger partial charge in [0, 0.05) is 17.6 Å². The van der Waals surface area contributed by atoms with Gasteiger partial charge in [-0.15, -0.1) is 0 Å². The topological polar surface area (TPSA) is 24.9 Å². The van der Waals surface area contributed by atoms with Crippen LogP contribution in [0, 0.1) is 5.92 Å². The van der Waals surface area contributed by atoms with Gasteiger partial charge in [0.2, 0.25) is 0 Å². The molecule has 19 heavy (non-hydrogen) atoms. The van der Waals surface area contributed by atoms with Gasteiger partial charge in [-0.1, -0.05) is 51.0 Å². The first-order valence-electron chi connectivity index (χ1n) is 7.27. The minimum Gasteiger partial charge on any atom is -0.367 e. The molecule has 0 amide bonds. The zero-order valence-corrected chi connectivity index (χ0v) is 12.2. The van der Waals surface area contributed by atoms with Crippen molar-refractivity contribution < 1.29 is 0 Å². The van der Waals surface area contributed by atoms with Crippen molar-refractivity contribution in [2.24, 2.45) is 5.92 Å². The Labute approximate surface area is 116 Å². The molecular formula is C17H24N2. The molecule has 1 heterocycles. The minimum atomic E-state index is 0.469. The molecule has 2 aromatic rings. The zero-order valence-electron chi connectivity index (χ0n) is 12.2. The van der Waals surface area contributed by atoms with E-state index in [0.717, 1.165) is 11.7 Å². The van der Waals surface area contributed by atoms with E-state index in [-0.39, 0.29) is 0 Å². The van der Waals surface area contributed by atoms with Gasteiger partial charge in [-0.05, 0) is 30.7 Å². The largest absolute Gasteiger partial charge is 0.367 e. The molecule has 0 radical (unpaired) electrons. The van der Waals surface area contributed by atoms with E-state index in [2.05, 4.69) is 61.4 Å². The van der Waals surface area contributed by atoms with Gasteiger partial charge < -0.3 is 5.32 Å². The molecule has 0 spiro atoms. The summed E-state index contributed by atoms with van der Waals surface area (Å²) in [5.74, 6) is 1.80. The Bertz CT molecular complexity index is 514. The monoisotopic (exact) mass is 256 g/mol. The van der Waals surface area contributed by atoms with Crippen LogP contribution in [-0.2, 0) is 0 Å². The van der Waals surface area contributed by atoms with E-state index in [1.54, 1.807) is 0 Å². The van der Waals surface area contributed by atoms with Gasteiger partial charge in [-0.25, -0.2) is 4.98 Å². The van der Waals surface area contributed by atoms with E-state index in [0.29, 0.717) is 6.04 Å². The summed E-state index contributed by atoms with van der Waals surface area (Å²) in [6.45, 7) is 6.80. The van der Waals surface area contributed by atoms with E-state index in [1.807, 2.05) is 6.20 Å². The smallest absolute Gasteiger partial charge is 0.134 e. The Kier molecular flexibility index (Phi) is 4.78. The first-order valence-corrected chi connectivity index (χ1v) is 7.27. The summed E-state index contributed by atoms with van der Waals surface area (Å²) in [4.78, 5) is 4.48. The fourth-order valence-corrected chi connectivity index (χ4v) is 2.37. The van der Waals surface area contributed by atoms with E-state index >= 15 is 0 Å². The lowest BCUT2D eigenvalue weighted by molar-refractivity contribution is 0.520. The van der Waals surface area contributed by atoms with Crippen molar-refractivity contribution in [2.75, 3.05) is 5.32 Å². The van der Waals surface area contributed by atoms with Crippen molar-refractivity contribution in [3.05, 3.63) is 36.5 Å². The van der Waals surface area contributed by atoms with Crippen LogP contribution < -0.4 is 5.32 Å². The predicted octanol–water partition coefficient (Wildman–Crippen LogP) is 4.86. The highest BCUT2D eigenvalue weighted by Crippen LogP contribution is 2.21. The number of nitrogens with one attached hydrogen (secondary N) is 1. The number of hydrogen-bond acceptors (Lipinski definition) is 2. The van der Waals surface area contributed by atoms with E-state index in [9.17, 15) is 0 Å². The molecule has 1 N–H and O–H groups in total. The van der Waals surface area contributed by atoms with Crippen LogP contribution in [-0.4, -0.2) is 11.0 Å². The highest BCUT2D eigenvalue weighted by Gasteiger charge is 2.06. The second-order valence-corrected chi connectivity index (χ2v) is 5.75. The van der Waals surface area contributed by atoms with Gasteiger partial charge in [0.05, 0.1) is 0 Å². The molecule has 2 heteroatoms. The number of aromatic nitrogens is 1. The lowest BCUT2D eigenvalue weighted by Crippen LogP contribution is -2.16. The molecule has 1 unspecified atom stereocenters. The summed E-state index contributed by atoms with van der Waals surface area (Å²) in [5.41, 5.74) is 0. The van der Waals surface area contributed by atoms with Crippen LogP contribution in [0.5, 0.6) is 0 Å². The summed E-state index contributed by atoms with van der Waals surface area (Å²) in [7, 11) is 0. The lowest BCUT2D eigenvalue weighted by atomic mass is 10.0. The van der Waals surface area contributed by atoms with Crippen LogP contribution in [0.1, 0.15) is 40.0 Å². The van der Waals surface area contributed by atoms with Crippen LogP contribution >= 0.6 is 0 Å². The molecule has 0 fully saturated rings. The first kappa shape index (κ1) is 13.9. The summed E-state index contributed by atoms with van der Waals surface area (Å²) >= 11 is 0. The Hall–Kier alpha value is -1.57. The van der Waals surface area contributed by atoms with Gasteiger partial charge in [0.1, 0.15) is 5.82 Å². The maximum absolute atomic E-state index is 4.48. The summed E-state index contributed by atoms with van der Waals surface area (Å²) in [6.07, 6.45) is 5.65. The predicted molar refractivity (Wildman–Crippen MR) is 83.5 cm³/mol. The lowest BCUT2D eigenvalue weighted by Gasteiger charge is -2.16. The number of pyridine rings is 1. The number of benzene rings is 1. The third kappa shape index (κ3) is 3.95. The van der Waals surface area contributed by atoms with Gasteiger partial charge in [-0.3, -0.25) is 0 Å². The molecule has 2 rings (SSSR count). The molecule has 1 aromatic carbocycles. The Morgan fingerprint density at radius 3 is 2.63 bits per heavy atom. The molecule has 1 aromatic heterocycles. The fourth-order valence-electron chi connectivity index (χ4n) is 2.37. The highest BCUT2D eigenvalue weighted by molar-refractivity contribution is 5.91. The van der Waals surface area contributed by atoms with Crippen molar-refractivity contribution in [2.45, 2.75) is 46.1 Å². The number of anilines is 1. The van der Waals surface area contributed by atoms with Crippen LogP contribution in [0.15, 0.2) is 36.5 Å². The highest BCUT2D eigenvalue weighted by atomic mass is 15.0. The Morgan fingerprint density at radius 1 is 1.05 bits per heavy atom. The average molecular weight is 256 g/mol. The minimum absolute atomic E-state index is 0.469. The van der Waals surface area contributed by atoms with E-state index in [4.69, 9.17) is 0 Å². The molecule has 102 valence electrons. The van der Waals surface area contributed by atoms with E-state index in [1.165, 1.54) is 30.0 Å². The third-order valence-corrected chi connectivity index (χ3v) is 3.48. The molecule has 1 atom stereocenters. The van der Waals surface area contributed by atoms with Gasteiger partial charge >= 0.3 is 0 Å². The molecule has 0 aliphatic rings. The second kappa shape index (κ2) is 6.55. The van der Waals surface area contributed by atoms with Gasteiger partial charge in [-0.2, -0.15) is 0 Å². The molecule has 0 saturated carbocycles. The summed E-state index contributed by atoms with van der Waals surface area (Å²) in [5, 5.41) is 6.00. The van der Waals surface area contributed by atoms with Crippen LogP contribution in [0.2, 0.25) is 0 Å².